The second-order valence-corrected chi connectivity index (χ2v) is 6.99. The molecule has 0 spiro atoms. The number of hydrogen-bond donors (Lipinski definition) is 1. The average molecular weight is 383 g/mol. The maximum absolute atomic E-state index is 14.5. The molecule has 0 radical (unpaired) electrons. The van der Waals surface area contributed by atoms with E-state index in [0.29, 0.717) is 35.2 Å². The number of H-pyrrole nitrogens is 1. The molecule has 1 N–H and O–H groups in total. The Morgan fingerprint density at radius 2 is 1.96 bits per heavy atom. The van der Waals surface area contributed by atoms with Crippen molar-refractivity contribution in [2.24, 2.45) is 0 Å². The summed E-state index contributed by atoms with van der Waals surface area (Å²) < 4.78 is 21.2. The highest BCUT2D eigenvalue weighted by molar-refractivity contribution is 7.99. The van der Waals surface area contributed by atoms with Crippen LogP contribution < -0.4 is 5.56 Å². The SMILES string of the molecule is CCOCCSc1nc2c([nH]c3ccccc32)c(=O)n1-c1ccccc1F. The van der Waals surface area contributed by atoms with Crippen molar-refractivity contribution in [1.82, 2.24) is 14.5 Å². The van der Waals surface area contributed by atoms with Gasteiger partial charge in [0.2, 0.25) is 0 Å². The molecule has 27 heavy (non-hydrogen) atoms. The number of hydrogen-bond acceptors (Lipinski definition) is 4. The molecule has 0 saturated heterocycles. The van der Waals surface area contributed by atoms with E-state index in [1.54, 1.807) is 18.2 Å². The van der Waals surface area contributed by atoms with E-state index in [9.17, 15) is 9.18 Å². The van der Waals surface area contributed by atoms with Gasteiger partial charge in [0.15, 0.2) is 5.16 Å². The summed E-state index contributed by atoms with van der Waals surface area (Å²) in [5.41, 5.74) is 1.67. The van der Waals surface area contributed by atoms with E-state index in [2.05, 4.69) is 4.98 Å². The molecule has 0 saturated carbocycles. The number of fused-ring (bicyclic) bond motifs is 3. The summed E-state index contributed by atoms with van der Waals surface area (Å²) in [5.74, 6) is 0.145. The first-order valence-corrected chi connectivity index (χ1v) is 9.68. The topological polar surface area (TPSA) is 59.9 Å². The third kappa shape index (κ3) is 3.24. The Bertz CT molecular complexity index is 1170. The van der Waals surface area contributed by atoms with E-state index >= 15 is 0 Å². The minimum absolute atomic E-state index is 0.189. The maximum Gasteiger partial charge on any atom is 0.283 e. The van der Waals surface area contributed by atoms with Crippen LogP contribution in [0.25, 0.3) is 27.6 Å². The lowest BCUT2D eigenvalue weighted by Gasteiger charge is -2.12. The molecule has 0 aliphatic heterocycles. The van der Waals surface area contributed by atoms with Gasteiger partial charge in [-0.3, -0.25) is 9.36 Å². The Morgan fingerprint density at radius 3 is 2.78 bits per heavy atom. The number of halogens is 1. The van der Waals surface area contributed by atoms with E-state index in [-0.39, 0.29) is 11.2 Å². The number of rotatable bonds is 6. The van der Waals surface area contributed by atoms with E-state index < -0.39 is 5.82 Å². The number of nitrogens with one attached hydrogen (secondary N) is 1. The zero-order valence-corrected chi connectivity index (χ0v) is 15.6. The second-order valence-electron chi connectivity index (χ2n) is 5.93. The molecule has 2 aromatic carbocycles. The molecule has 0 bridgehead atoms. The Kier molecular flexibility index (Phi) is 4.96. The number of thioether (sulfide) groups is 1. The number of ether oxygens (including phenoxy) is 1. The van der Waals surface area contributed by atoms with Crippen molar-refractivity contribution >= 4 is 33.7 Å². The van der Waals surface area contributed by atoms with Gasteiger partial charge in [-0.15, -0.1) is 0 Å². The highest BCUT2D eigenvalue weighted by Crippen LogP contribution is 2.26. The zero-order chi connectivity index (χ0) is 18.8. The molecule has 0 fully saturated rings. The predicted octanol–water partition coefficient (Wildman–Crippen LogP) is 4.13. The number of benzene rings is 2. The molecule has 4 aromatic rings. The zero-order valence-electron chi connectivity index (χ0n) is 14.7. The molecule has 0 aliphatic carbocycles. The van der Waals surface area contributed by atoms with Gasteiger partial charge in [0.25, 0.3) is 5.56 Å². The van der Waals surface area contributed by atoms with Gasteiger partial charge >= 0.3 is 0 Å². The van der Waals surface area contributed by atoms with Gasteiger partial charge in [0.1, 0.15) is 16.9 Å². The minimum atomic E-state index is -0.469. The third-order valence-corrected chi connectivity index (χ3v) is 5.15. The number of nitrogens with zero attached hydrogens (tertiary/aromatic N) is 2. The fourth-order valence-corrected chi connectivity index (χ4v) is 3.87. The van der Waals surface area contributed by atoms with Gasteiger partial charge in [0, 0.05) is 23.3 Å². The molecule has 0 amide bonds. The van der Waals surface area contributed by atoms with Crippen molar-refractivity contribution in [2.75, 3.05) is 19.0 Å². The van der Waals surface area contributed by atoms with Crippen LogP contribution in [0.5, 0.6) is 0 Å². The smallest absolute Gasteiger partial charge is 0.283 e. The normalized spacial score (nSPS) is 11.5. The van der Waals surface area contributed by atoms with Crippen molar-refractivity contribution in [1.29, 1.82) is 0 Å². The first kappa shape index (κ1) is 17.8. The van der Waals surface area contributed by atoms with E-state index in [0.717, 1.165) is 10.9 Å². The number of aromatic nitrogens is 3. The molecule has 2 aromatic heterocycles. The predicted molar refractivity (Wildman–Crippen MR) is 106 cm³/mol. The van der Waals surface area contributed by atoms with Crippen LogP contribution in [-0.4, -0.2) is 33.5 Å². The summed E-state index contributed by atoms with van der Waals surface area (Å²) in [4.78, 5) is 21.1. The van der Waals surface area contributed by atoms with Gasteiger partial charge in [-0.1, -0.05) is 42.1 Å². The molecule has 138 valence electrons. The monoisotopic (exact) mass is 383 g/mol. The fourth-order valence-electron chi connectivity index (χ4n) is 3.02. The first-order chi connectivity index (χ1) is 13.2. The first-order valence-electron chi connectivity index (χ1n) is 8.69. The van der Waals surface area contributed by atoms with Gasteiger partial charge < -0.3 is 9.72 Å². The van der Waals surface area contributed by atoms with Crippen molar-refractivity contribution < 1.29 is 9.13 Å². The Morgan fingerprint density at radius 1 is 1.19 bits per heavy atom. The molecule has 2 heterocycles. The standard InChI is InChI=1S/C20H18FN3O2S/c1-2-26-11-12-27-20-23-17-13-7-3-5-9-15(13)22-18(17)19(25)24(20)16-10-6-4-8-14(16)21/h3-10,22H,2,11-12H2,1H3. The van der Waals surface area contributed by atoms with E-state index in [4.69, 9.17) is 9.72 Å². The highest BCUT2D eigenvalue weighted by atomic mass is 32.2. The Balaban J connectivity index is 1.95. The lowest BCUT2D eigenvalue weighted by Crippen LogP contribution is -2.23. The Hall–Kier alpha value is -2.64. The molecule has 5 nitrogen and oxygen atoms in total. The molecule has 0 atom stereocenters. The molecule has 4 rings (SSSR count). The van der Waals surface area contributed by atoms with Crippen LogP contribution in [0, 0.1) is 5.82 Å². The van der Waals surface area contributed by atoms with Crippen LogP contribution in [0.2, 0.25) is 0 Å². The van der Waals surface area contributed by atoms with Crippen LogP contribution in [0.15, 0.2) is 58.5 Å². The highest BCUT2D eigenvalue weighted by Gasteiger charge is 2.18. The quantitative estimate of drug-likeness (QED) is 0.309. The van der Waals surface area contributed by atoms with Gasteiger partial charge in [-0.05, 0) is 25.1 Å². The van der Waals surface area contributed by atoms with Crippen molar-refractivity contribution in [3.05, 3.63) is 64.7 Å². The molecule has 0 unspecified atom stereocenters. The second kappa shape index (κ2) is 7.54. The van der Waals surface area contributed by atoms with Gasteiger partial charge in [-0.2, -0.15) is 0 Å². The summed E-state index contributed by atoms with van der Waals surface area (Å²) in [5, 5.41) is 1.32. The fraction of sp³-hybridized carbons (Fsp3) is 0.200. The van der Waals surface area contributed by atoms with Gasteiger partial charge in [0.05, 0.1) is 12.3 Å². The summed E-state index contributed by atoms with van der Waals surface area (Å²) >= 11 is 1.38. The summed E-state index contributed by atoms with van der Waals surface area (Å²) in [6.07, 6.45) is 0. The third-order valence-electron chi connectivity index (χ3n) is 4.25. The average Bonchev–Trinajstić information content (AvgIpc) is 3.06. The molecule has 0 aliphatic rings. The number of aromatic amines is 1. The van der Waals surface area contributed by atoms with Crippen LogP contribution in [-0.2, 0) is 4.74 Å². The van der Waals surface area contributed by atoms with Crippen molar-refractivity contribution in [3.8, 4) is 5.69 Å². The van der Waals surface area contributed by atoms with Crippen molar-refractivity contribution in [2.45, 2.75) is 12.1 Å². The van der Waals surface area contributed by atoms with Crippen LogP contribution >= 0.6 is 11.8 Å². The minimum Gasteiger partial charge on any atom is -0.381 e. The summed E-state index contributed by atoms with van der Waals surface area (Å²) in [7, 11) is 0. The van der Waals surface area contributed by atoms with Crippen LogP contribution in [0.1, 0.15) is 6.92 Å². The Labute approximate surface area is 159 Å². The summed E-state index contributed by atoms with van der Waals surface area (Å²) in [6, 6.07) is 13.8. The number of para-hydroxylation sites is 2. The van der Waals surface area contributed by atoms with Crippen molar-refractivity contribution in [3.63, 3.8) is 0 Å². The molecular formula is C20H18FN3O2S. The van der Waals surface area contributed by atoms with E-state index in [1.807, 2.05) is 31.2 Å². The summed E-state index contributed by atoms with van der Waals surface area (Å²) in [6.45, 7) is 3.08. The van der Waals surface area contributed by atoms with E-state index in [1.165, 1.54) is 22.4 Å². The van der Waals surface area contributed by atoms with Crippen LogP contribution in [0.4, 0.5) is 4.39 Å². The largest absolute Gasteiger partial charge is 0.381 e. The molecule has 7 heteroatoms. The molecular weight excluding hydrogens is 365 g/mol. The lowest BCUT2D eigenvalue weighted by molar-refractivity contribution is 0.164. The van der Waals surface area contributed by atoms with Crippen LogP contribution in [0.3, 0.4) is 0 Å². The van der Waals surface area contributed by atoms with Gasteiger partial charge in [-0.25, -0.2) is 9.37 Å². The lowest BCUT2D eigenvalue weighted by atomic mass is 10.2. The maximum atomic E-state index is 14.5.